The second-order valence-corrected chi connectivity index (χ2v) is 6.30. The van der Waals surface area contributed by atoms with Crippen LogP contribution in [-0.4, -0.2) is 43.5 Å². The molecule has 6 nitrogen and oxygen atoms in total. The predicted molar refractivity (Wildman–Crippen MR) is 67.5 cm³/mol. The van der Waals surface area contributed by atoms with Crippen molar-refractivity contribution >= 4 is 16.0 Å². The van der Waals surface area contributed by atoms with Gasteiger partial charge in [-0.25, -0.2) is 12.8 Å². The van der Waals surface area contributed by atoms with Crippen LogP contribution in [0.25, 0.3) is 0 Å². The highest BCUT2D eigenvalue weighted by Gasteiger charge is 2.39. The average Bonchev–Trinajstić information content (AvgIpc) is 2.88. The summed E-state index contributed by atoms with van der Waals surface area (Å²) in [6.45, 7) is 0.118. The summed E-state index contributed by atoms with van der Waals surface area (Å²) in [7, 11) is -2.75. The summed E-state index contributed by atoms with van der Waals surface area (Å²) in [5, 5.41) is 9.03. The van der Waals surface area contributed by atoms with E-state index in [4.69, 9.17) is 9.84 Å². The first-order valence-electron chi connectivity index (χ1n) is 5.96. The number of hydrogen-bond acceptors (Lipinski definition) is 4. The molecular weight excluding hydrogens is 289 g/mol. The van der Waals surface area contributed by atoms with Crippen LogP contribution in [0, 0.1) is 5.82 Å². The van der Waals surface area contributed by atoms with Gasteiger partial charge < -0.3 is 9.84 Å². The predicted octanol–water partition coefficient (Wildman–Crippen LogP) is 1.07. The number of hydrogen-bond donors (Lipinski definition) is 1. The number of halogens is 1. The van der Waals surface area contributed by atoms with Gasteiger partial charge in [-0.15, -0.1) is 0 Å². The molecule has 1 aliphatic rings. The summed E-state index contributed by atoms with van der Waals surface area (Å²) in [6.07, 6.45) is 0.724. The minimum absolute atomic E-state index is 0.0693. The van der Waals surface area contributed by atoms with Crippen LogP contribution >= 0.6 is 0 Å². The molecule has 0 amide bonds. The molecule has 0 aromatic heterocycles. The van der Waals surface area contributed by atoms with Crippen molar-refractivity contribution in [2.45, 2.75) is 23.8 Å². The lowest BCUT2D eigenvalue weighted by Crippen LogP contribution is -2.40. The van der Waals surface area contributed by atoms with Crippen molar-refractivity contribution in [3.63, 3.8) is 0 Å². The summed E-state index contributed by atoms with van der Waals surface area (Å²) in [5.41, 5.74) is 0. The normalized spacial score (nSPS) is 20.0. The van der Waals surface area contributed by atoms with E-state index in [2.05, 4.69) is 0 Å². The molecule has 1 aliphatic heterocycles. The minimum atomic E-state index is -4.02. The van der Waals surface area contributed by atoms with Gasteiger partial charge in [0.2, 0.25) is 10.0 Å². The van der Waals surface area contributed by atoms with Crippen molar-refractivity contribution in [3.8, 4) is 5.75 Å². The first-order chi connectivity index (χ1) is 9.37. The molecular formula is C12H14FNO5S. The molecule has 0 aliphatic carbocycles. The lowest BCUT2D eigenvalue weighted by Gasteiger charge is -2.21. The molecule has 0 unspecified atom stereocenters. The largest absolute Gasteiger partial charge is 0.494 e. The maximum atomic E-state index is 13.6. The number of sulfonamides is 1. The lowest BCUT2D eigenvalue weighted by molar-refractivity contribution is -0.140. The van der Waals surface area contributed by atoms with Gasteiger partial charge in [0.05, 0.1) is 12.0 Å². The Morgan fingerprint density at radius 1 is 1.50 bits per heavy atom. The maximum absolute atomic E-state index is 13.6. The fourth-order valence-electron chi connectivity index (χ4n) is 2.22. The van der Waals surface area contributed by atoms with E-state index in [0.29, 0.717) is 6.42 Å². The van der Waals surface area contributed by atoms with Crippen molar-refractivity contribution in [1.29, 1.82) is 0 Å². The Kier molecular flexibility index (Phi) is 3.96. The van der Waals surface area contributed by atoms with E-state index in [1.54, 1.807) is 0 Å². The van der Waals surface area contributed by atoms with E-state index in [9.17, 15) is 17.6 Å². The Labute approximate surface area is 115 Å². The lowest BCUT2D eigenvalue weighted by atomic mass is 10.2. The van der Waals surface area contributed by atoms with E-state index in [-0.39, 0.29) is 23.6 Å². The first kappa shape index (κ1) is 14.7. The van der Waals surface area contributed by atoms with Crippen molar-refractivity contribution < 1.29 is 27.4 Å². The highest BCUT2D eigenvalue weighted by atomic mass is 32.2. The standard InChI is InChI=1S/C12H14FNO5S/c1-19-11-5-4-8(7-9(11)13)20(17,18)14-6-2-3-10(14)12(15)16/h4-5,7,10H,2-3,6H2,1H3,(H,15,16)/t10-/m1/s1. The number of rotatable bonds is 4. The van der Waals surface area contributed by atoms with Crippen LogP contribution in [-0.2, 0) is 14.8 Å². The number of benzene rings is 1. The molecule has 1 atom stereocenters. The number of carbonyl (C=O) groups is 1. The first-order valence-corrected chi connectivity index (χ1v) is 7.40. The number of carboxylic acid groups (broad SMARTS) is 1. The van der Waals surface area contributed by atoms with Gasteiger partial charge in [-0.05, 0) is 31.0 Å². The van der Waals surface area contributed by atoms with E-state index < -0.39 is 27.9 Å². The molecule has 1 N–H and O–H groups in total. The Morgan fingerprint density at radius 2 is 2.20 bits per heavy atom. The summed E-state index contributed by atoms with van der Waals surface area (Å²) in [4.78, 5) is 10.8. The highest BCUT2D eigenvalue weighted by molar-refractivity contribution is 7.89. The van der Waals surface area contributed by atoms with Crippen molar-refractivity contribution in [3.05, 3.63) is 24.0 Å². The number of carboxylic acids is 1. The Bertz CT molecular complexity index is 631. The van der Waals surface area contributed by atoms with Crippen molar-refractivity contribution in [2.24, 2.45) is 0 Å². The molecule has 0 spiro atoms. The van der Waals surface area contributed by atoms with Crippen molar-refractivity contribution in [2.75, 3.05) is 13.7 Å². The van der Waals surface area contributed by atoms with Gasteiger partial charge in [0, 0.05) is 6.54 Å². The van der Waals surface area contributed by atoms with Crippen LogP contribution in [0.4, 0.5) is 4.39 Å². The smallest absolute Gasteiger partial charge is 0.322 e. The third-order valence-corrected chi connectivity index (χ3v) is 5.12. The molecule has 0 bridgehead atoms. The van der Waals surface area contributed by atoms with Gasteiger partial charge in [0.1, 0.15) is 6.04 Å². The molecule has 110 valence electrons. The average molecular weight is 303 g/mol. The second-order valence-electron chi connectivity index (χ2n) is 4.41. The van der Waals surface area contributed by atoms with Crippen LogP contribution < -0.4 is 4.74 Å². The Balaban J connectivity index is 2.40. The molecule has 0 saturated carbocycles. The monoisotopic (exact) mass is 303 g/mol. The van der Waals surface area contributed by atoms with Crippen molar-refractivity contribution in [1.82, 2.24) is 4.31 Å². The van der Waals surface area contributed by atoms with Gasteiger partial charge in [-0.2, -0.15) is 4.31 Å². The summed E-state index contributed by atoms with van der Waals surface area (Å²) in [5.74, 6) is -2.07. The summed E-state index contributed by atoms with van der Waals surface area (Å²) in [6, 6.07) is 2.15. The van der Waals surface area contributed by atoms with Gasteiger partial charge >= 0.3 is 5.97 Å². The Morgan fingerprint density at radius 3 is 2.75 bits per heavy atom. The fourth-order valence-corrected chi connectivity index (χ4v) is 3.88. The maximum Gasteiger partial charge on any atom is 0.322 e. The van der Waals surface area contributed by atoms with Crippen LogP contribution in [0.1, 0.15) is 12.8 Å². The van der Waals surface area contributed by atoms with Crippen LogP contribution in [0.3, 0.4) is 0 Å². The van der Waals surface area contributed by atoms with Gasteiger partial charge in [-0.3, -0.25) is 4.79 Å². The molecule has 0 radical (unpaired) electrons. The zero-order valence-electron chi connectivity index (χ0n) is 10.7. The topological polar surface area (TPSA) is 83.9 Å². The quantitative estimate of drug-likeness (QED) is 0.899. The zero-order valence-corrected chi connectivity index (χ0v) is 11.6. The third-order valence-electron chi connectivity index (χ3n) is 3.22. The fraction of sp³-hybridized carbons (Fsp3) is 0.417. The Hall–Kier alpha value is -1.67. The molecule has 20 heavy (non-hydrogen) atoms. The number of ether oxygens (including phenoxy) is 1. The van der Waals surface area contributed by atoms with Crippen LogP contribution in [0.2, 0.25) is 0 Å². The number of methoxy groups -OCH3 is 1. The highest BCUT2D eigenvalue weighted by Crippen LogP contribution is 2.28. The molecule has 1 heterocycles. The number of nitrogens with zero attached hydrogens (tertiary/aromatic N) is 1. The molecule has 1 aromatic rings. The molecule has 1 aromatic carbocycles. The molecule has 1 fully saturated rings. The van der Waals surface area contributed by atoms with Crippen LogP contribution in [0.5, 0.6) is 5.75 Å². The zero-order chi connectivity index (χ0) is 14.9. The molecule has 1 saturated heterocycles. The second kappa shape index (κ2) is 5.37. The van der Waals surface area contributed by atoms with Gasteiger partial charge in [0.25, 0.3) is 0 Å². The summed E-state index contributed by atoms with van der Waals surface area (Å²) >= 11 is 0. The van der Waals surface area contributed by atoms with Crippen LogP contribution in [0.15, 0.2) is 23.1 Å². The SMILES string of the molecule is COc1ccc(S(=O)(=O)N2CCC[C@@H]2C(=O)O)cc1F. The molecule has 2 rings (SSSR count). The summed E-state index contributed by atoms with van der Waals surface area (Å²) < 4.78 is 43.9. The van der Waals surface area contributed by atoms with E-state index in [1.165, 1.54) is 19.2 Å². The van der Waals surface area contributed by atoms with E-state index in [1.807, 2.05) is 0 Å². The van der Waals surface area contributed by atoms with Gasteiger partial charge in [0.15, 0.2) is 11.6 Å². The molecule has 8 heteroatoms. The van der Waals surface area contributed by atoms with E-state index >= 15 is 0 Å². The van der Waals surface area contributed by atoms with Gasteiger partial charge in [-0.1, -0.05) is 0 Å². The number of aliphatic carboxylic acids is 1. The van der Waals surface area contributed by atoms with E-state index in [0.717, 1.165) is 10.4 Å². The third kappa shape index (κ3) is 2.48. The minimum Gasteiger partial charge on any atom is -0.494 e.